The molecule has 0 unspecified atom stereocenters. The highest BCUT2D eigenvalue weighted by Gasteiger charge is 2.12. The molecule has 2 amide bonds. The van der Waals surface area contributed by atoms with Gasteiger partial charge in [-0.3, -0.25) is 14.7 Å². The van der Waals surface area contributed by atoms with Gasteiger partial charge in [-0.2, -0.15) is 5.10 Å². The van der Waals surface area contributed by atoms with E-state index in [2.05, 4.69) is 25.8 Å². The number of carbonyl (C=O) groups is 2. The maximum absolute atomic E-state index is 12.5. The third-order valence-corrected chi connectivity index (χ3v) is 4.78. The molecule has 0 radical (unpaired) electrons. The molecule has 0 aliphatic heterocycles. The Morgan fingerprint density at radius 2 is 1.62 bits per heavy atom. The van der Waals surface area contributed by atoms with Gasteiger partial charge in [-0.05, 0) is 35.9 Å². The molecule has 0 spiro atoms. The molecule has 1 heterocycles. The second kappa shape index (κ2) is 9.53. The number of nitrogens with one attached hydrogen (secondary N) is 3. The first-order valence-electron chi connectivity index (χ1n) is 10.0. The first-order chi connectivity index (χ1) is 15.6. The number of rotatable bonds is 6. The number of hydrogen-bond donors (Lipinski definition) is 3. The number of aromatic amines is 1. The predicted octanol–water partition coefficient (Wildman–Crippen LogP) is 4.15. The predicted molar refractivity (Wildman–Crippen MR) is 125 cm³/mol. The van der Waals surface area contributed by atoms with E-state index in [9.17, 15) is 9.59 Å². The van der Waals surface area contributed by atoms with Crippen LogP contribution < -0.4 is 10.6 Å². The van der Waals surface area contributed by atoms with Crippen molar-refractivity contribution in [2.45, 2.75) is 0 Å². The summed E-state index contributed by atoms with van der Waals surface area (Å²) >= 11 is 0. The number of carbonyl (C=O) groups excluding carboxylic acids is 2. The van der Waals surface area contributed by atoms with Crippen LogP contribution in [0.5, 0.6) is 0 Å². The van der Waals surface area contributed by atoms with Crippen LogP contribution in [0.15, 0.2) is 84.9 Å². The van der Waals surface area contributed by atoms with Crippen LogP contribution in [0, 0.1) is 0 Å². The number of nitrogens with zero attached hydrogens (tertiary/aromatic N) is 2. The lowest BCUT2D eigenvalue weighted by Crippen LogP contribution is -2.17. The van der Waals surface area contributed by atoms with Gasteiger partial charge in [0.2, 0.25) is 5.91 Å². The normalized spacial score (nSPS) is 10.8. The number of hydrogen-bond acceptors (Lipinski definition) is 4. The van der Waals surface area contributed by atoms with Gasteiger partial charge in [0.15, 0.2) is 11.6 Å². The van der Waals surface area contributed by atoms with E-state index >= 15 is 0 Å². The smallest absolute Gasteiger partial charge is 0.251 e. The lowest BCUT2D eigenvalue weighted by Gasteiger charge is -2.07. The molecule has 0 bridgehead atoms. The van der Waals surface area contributed by atoms with Crippen LogP contribution in [-0.4, -0.2) is 34.0 Å². The van der Waals surface area contributed by atoms with Gasteiger partial charge >= 0.3 is 0 Å². The van der Waals surface area contributed by atoms with E-state index < -0.39 is 0 Å². The van der Waals surface area contributed by atoms with Crippen LogP contribution >= 0.6 is 0 Å². The molecular formula is C25H21N5O2. The Bertz CT molecular complexity index is 1260. The molecule has 3 aromatic carbocycles. The number of benzene rings is 3. The minimum Gasteiger partial charge on any atom is -0.355 e. The second-order valence-electron chi connectivity index (χ2n) is 6.94. The van der Waals surface area contributed by atoms with Crippen molar-refractivity contribution in [2.24, 2.45) is 0 Å². The topological polar surface area (TPSA) is 99.8 Å². The molecule has 7 heteroatoms. The number of amides is 2. The summed E-state index contributed by atoms with van der Waals surface area (Å²) in [5, 5.41) is 12.7. The highest BCUT2D eigenvalue weighted by molar-refractivity contribution is 6.04. The summed E-state index contributed by atoms with van der Waals surface area (Å²) in [7, 11) is 1.58. The van der Waals surface area contributed by atoms with E-state index in [1.165, 1.54) is 6.08 Å². The van der Waals surface area contributed by atoms with Gasteiger partial charge in [0.05, 0.1) is 5.69 Å². The fraction of sp³-hybridized carbons (Fsp3) is 0.0400. The number of para-hydroxylation sites is 1. The van der Waals surface area contributed by atoms with Crippen LogP contribution in [0.1, 0.15) is 15.9 Å². The van der Waals surface area contributed by atoms with Gasteiger partial charge in [-0.1, -0.05) is 54.6 Å². The largest absolute Gasteiger partial charge is 0.355 e. The summed E-state index contributed by atoms with van der Waals surface area (Å²) in [6.45, 7) is 0. The molecule has 4 rings (SSSR count). The molecule has 7 nitrogen and oxygen atoms in total. The van der Waals surface area contributed by atoms with Gasteiger partial charge in [0.25, 0.3) is 5.91 Å². The zero-order chi connectivity index (χ0) is 22.3. The summed E-state index contributed by atoms with van der Waals surface area (Å²) in [4.78, 5) is 28.7. The highest BCUT2D eigenvalue weighted by atomic mass is 16.2. The van der Waals surface area contributed by atoms with Gasteiger partial charge < -0.3 is 10.6 Å². The quantitative estimate of drug-likeness (QED) is 0.406. The van der Waals surface area contributed by atoms with Crippen molar-refractivity contribution in [3.05, 3.63) is 96.1 Å². The zero-order valence-corrected chi connectivity index (χ0v) is 17.4. The third-order valence-electron chi connectivity index (χ3n) is 4.78. The second-order valence-corrected chi connectivity index (χ2v) is 6.94. The molecule has 32 heavy (non-hydrogen) atoms. The first-order valence-corrected chi connectivity index (χ1v) is 10.0. The molecule has 1 aromatic heterocycles. The molecule has 0 atom stereocenters. The van der Waals surface area contributed by atoms with Gasteiger partial charge in [0.1, 0.15) is 0 Å². The van der Waals surface area contributed by atoms with Crippen molar-refractivity contribution in [2.75, 3.05) is 12.4 Å². The maximum atomic E-state index is 12.5. The van der Waals surface area contributed by atoms with Crippen molar-refractivity contribution in [1.82, 2.24) is 20.5 Å². The Kier molecular flexibility index (Phi) is 6.17. The molecule has 3 N–H and O–H groups in total. The van der Waals surface area contributed by atoms with Crippen LogP contribution in [0.2, 0.25) is 0 Å². The van der Waals surface area contributed by atoms with E-state index in [4.69, 9.17) is 0 Å². The molecular weight excluding hydrogens is 402 g/mol. The van der Waals surface area contributed by atoms with E-state index in [0.29, 0.717) is 22.9 Å². The van der Waals surface area contributed by atoms with Gasteiger partial charge in [0, 0.05) is 29.8 Å². The van der Waals surface area contributed by atoms with Crippen molar-refractivity contribution >= 4 is 23.6 Å². The van der Waals surface area contributed by atoms with E-state index in [-0.39, 0.29) is 11.8 Å². The molecule has 4 aromatic rings. The lowest BCUT2D eigenvalue weighted by atomic mass is 10.1. The van der Waals surface area contributed by atoms with Gasteiger partial charge in [-0.15, -0.1) is 0 Å². The molecule has 0 fully saturated rings. The van der Waals surface area contributed by atoms with Gasteiger partial charge in [-0.25, -0.2) is 4.98 Å². The van der Waals surface area contributed by atoms with Crippen LogP contribution in [0.3, 0.4) is 0 Å². The third kappa shape index (κ3) is 4.79. The number of H-pyrrole nitrogens is 1. The summed E-state index contributed by atoms with van der Waals surface area (Å²) in [5.41, 5.74) is 3.63. The summed E-state index contributed by atoms with van der Waals surface area (Å²) in [6.07, 6.45) is 3.13. The zero-order valence-electron chi connectivity index (χ0n) is 17.4. The standard InChI is InChI=1S/C25H21N5O2/c1-26-25(32)19-14-11-17(12-15-19)13-16-22(31)27-21-10-6-5-9-20(21)24-28-23(29-30-24)18-7-3-2-4-8-18/h2-16H,1H3,(H,26,32)(H,27,31)(H,28,29,30)/b16-13+. The Morgan fingerprint density at radius 1 is 0.906 bits per heavy atom. The average molecular weight is 423 g/mol. The minimum atomic E-state index is -0.282. The molecule has 0 aliphatic rings. The fourth-order valence-electron chi connectivity index (χ4n) is 3.13. The summed E-state index contributed by atoms with van der Waals surface area (Å²) in [5.74, 6) is 0.712. The summed E-state index contributed by atoms with van der Waals surface area (Å²) < 4.78 is 0. The average Bonchev–Trinajstić information content (AvgIpc) is 3.34. The van der Waals surface area contributed by atoms with E-state index in [1.54, 1.807) is 37.4 Å². The first kappa shape index (κ1) is 20.7. The van der Waals surface area contributed by atoms with E-state index in [1.807, 2.05) is 54.6 Å². The molecule has 0 aliphatic carbocycles. The monoisotopic (exact) mass is 423 g/mol. The molecule has 0 saturated heterocycles. The highest BCUT2D eigenvalue weighted by Crippen LogP contribution is 2.26. The van der Waals surface area contributed by atoms with Crippen molar-refractivity contribution in [1.29, 1.82) is 0 Å². The van der Waals surface area contributed by atoms with Crippen molar-refractivity contribution in [3.8, 4) is 22.8 Å². The fourth-order valence-corrected chi connectivity index (χ4v) is 3.13. The van der Waals surface area contributed by atoms with Crippen LogP contribution in [0.4, 0.5) is 5.69 Å². The van der Waals surface area contributed by atoms with Crippen molar-refractivity contribution in [3.63, 3.8) is 0 Å². The Hall–Kier alpha value is -4.52. The molecule has 158 valence electrons. The van der Waals surface area contributed by atoms with Crippen molar-refractivity contribution < 1.29 is 9.59 Å². The van der Waals surface area contributed by atoms with Crippen LogP contribution in [0.25, 0.3) is 28.9 Å². The number of aromatic nitrogens is 3. The van der Waals surface area contributed by atoms with E-state index in [0.717, 1.165) is 16.7 Å². The Balaban J connectivity index is 1.49. The number of anilines is 1. The Labute approximate surface area is 185 Å². The minimum absolute atomic E-state index is 0.155. The Morgan fingerprint density at radius 3 is 2.38 bits per heavy atom. The summed E-state index contributed by atoms with van der Waals surface area (Å²) in [6, 6.07) is 24.0. The molecule has 0 saturated carbocycles. The van der Waals surface area contributed by atoms with Crippen LogP contribution in [-0.2, 0) is 4.79 Å². The SMILES string of the molecule is CNC(=O)c1ccc(/C=C/C(=O)Nc2ccccc2-c2nc(-c3ccccc3)n[nH]2)cc1. The lowest BCUT2D eigenvalue weighted by molar-refractivity contribution is -0.111. The maximum Gasteiger partial charge on any atom is 0.251 e.